The van der Waals surface area contributed by atoms with E-state index in [0.29, 0.717) is 17.5 Å². The number of carbonyl (C=O) groups is 1. The zero-order valence-electron chi connectivity index (χ0n) is 13.6. The van der Waals surface area contributed by atoms with E-state index in [0.717, 1.165) is 47.4 Å². The van der Waals surface area contributed by atoms with Gasteiger partial charge in [0, 0.05) is 31.2 Å². The van der Waals surface area contributed by atoms with E-state index in [2.05, 4.69) is 26.6 Å². The highest BCUT2D eigenvalue weighted by molar-refractivity contribution is 7.19. The number of hydrogen-bond acceptors (Lipinski definition) is 6. The summed E-state index contributed by atoms with van der Waals surface area (Å²) >= 11 is 1.48. The lowest BCUT2D eigenvalue weighted by molar-refractivity contribution is -0.117. The second-order valence-corrected chi connectivity index (χ2v) is 7.17. The van der Waals surface area contributed by atoms with Gasteiger partial charge < -0.3 is 10.1 Å². The first-order chi connectivity index (χ1) is 12.3. The van der Waals surface area contributed by atoms with Crippen molar-refractivity contribution in [3.05, 3.63) is 36.7 Å². The van der Waals surface area contributed by atoms with Crippen LogP contribution in [0.3, 0.4) is 0 Å². The van der Waals surface area contributed by atoms with Crippen LogP contribution in [-0.4, -0.2) is 34.3 Å². The van der Waals surface area contributed by atoms with Gasteiger partial charge >= 0.3 is 0 Å². The van der Waals surface area contributed by atoms with Crippen LogP contribution in [0.15, 0.2) is 36.7 Å². The number of ether oxygens (including phenoxy) is 1. The molecular weight excluding hydrogens is 336 g/mol. The summed E-state index contributed by atoms with van der Waals surface area (Å²) in [6.45, 7) is 1.51. The number of rotatable bonds is 4. The highest BCUT2D eigenvalue weighted by Crippen LogP contribution is 2.31. The van der Waals surface area contributed by atoms with Crippen LogP contribution in [0, 0.1) is 5.92 Å². The van der Waals surface area contributed by atoms with Crippen LogP contribution < -0.4 is 5.32 Å². The van der Waals surface area contributed by atoms with Crippen molar-refractivity contribution in [2.45, 2.75) is 19.3 Å². The second kappa shape index (κ2) is 7.25. The number of fused-ring (bicyclic) bond motifs is 1. The van der Waals surface area contributed by atoms with Crippen molar-refractivity contribution in [1.82, 2.24) is 15.2 Å². The third kappa shape index (κ3) is 3.83. The molecule has 0 atom stereocenters. The van der Waals surface area contributed by atoms with Crippen LogP contribution in [0.5, 0.6) is 0 Å². The normalized spacial score (nSPS) is 15.4. The Hall–Kier alpha value is -2.38. The summed E-state index contributed by atoms with van der Waals surface area (Å²) in [6, 6.07) is 7.94. The number of nitrogens with zero attached hydrogens (tertiary/aromatic N) is 3. The first-order valence-corrected chi connectivity index (χ1v) is 9.15. The quantitative estimate of drug-likeness (QED) is 0.776. The minimum absolute atomic E-state index is 0.0292. The smallest absolute Gasteiger partial charge is 0.226 e. The molecule has 7 heteroatoms. The fraction of sp³-hybridized carbons (Fsp3) is 0.333. The van der Waals surface area contributed by atoms with E-state index >= 15 is 0 Å². The fourth-order valence-corrected chi connectivity index (χ4v) is 3.82. The lowest BCUT2D eigenvalue weighted by Gasteiger charge is -2.20. The van der Waals surface area contributed by atoms with Crippen LogP contribution in [0.25, 0.3) is 21.3 Å². The highest BCUT2D eigenvalue weighted by Gasteiger charge is 2.18. The van der Waals surface area contributed by atoms with Crippen molar-refractivity contribution < 1.29 is 9.53 Å². The average Bonchev–Trinajstić information content (AvgIpc) is 3.10. The summed E-state index contributed by atoms with van der Waals surface area (Å²) in [6.07, 6.45) is 5.92. The van der Waals surface area contributed by atoms with E-state index in [1.807, 2.05) is 18.2 Å². The van der Waals surface area contributed by atoms with Gasteiger partial charge in [-0.3, -0.25) is 4.79 Å². The van der Waals surface area contributed by atoms with E-state index in [1.54, 1.807) is 12.4 Å². The Bertz CT molecular complexity index is 889. The standard InChI is InChI=1S/C18H18N4O2S/c23-17(9-12-4-7-24-8-5-12)21-18-19-11-16(25-18)14-1-2-15-13(10-14)3-6-20-22-15/h1-3,6,10-12H,4-5,7-9H2,(H,19,21,23). The maximum Gasteiger partial charge on any atom is 0.226 e. The number of thiazole rings is 1. The molecule has 3 heterocycles. The molecule has 1 amide bonds. The molecule has 1 aliphatic heterocycles. The minimum Gasteiger partial charge on any atom is -0.381 e. The van der Waals surface area contributed by atoms with Gasteiger partial charge in [-0.15, -0.1) is 0 Å². The summed E-state index contributed by atoms with van der Waals surface area (Å²) in [5.41, 5.74) is 1.92. The number of hydrogen-bond donors (Lipinski definition) is 1. The Morgan fingerprint density at radius 3 is 3.04 bits per heavy atom. The predicted molar refractivity (Wildman–Crippen MR) is 97.4 cm³/mol. The lowest BCUT2D eigenvalue weighted by atomic mass is 9.96. The molecule has 2 aromatic heterocycles. The van der Waals surface area contributed by atoms with Gasteiger partial charge in [0.15, 0.2) is 5.13 Å². The zero-order valence-corrected chi connectivity index (χ0v) is 14.5. The van der Waals surface area contributed by atoms with Crippen LogP contribution in [0.1, 0.15) is 19.3 Å². The summed E-state index contributed by atoms with van der Waals surface area (Å²) in [5, 5.41) is 12.6. The molecule has 128 valence electrons. The Kier molecular flexibility index (Phi) is 4.67. The maximum absolute atomic E-state index is 12.2. The predicted octanol–water partition coefficient (Wildman–Crippen LogP) is 3.51. The van der Waals surface area contributed by atoms with Crippen LogP contribution in [0.2, 0.25) is 0 Å². The second-order valence-electron chi connectivity index (χ2n) is 6.14. The lowest BCUT2D eigenvalue weighted by Crippen LogP contribution is -2.22. The van der Waals surface area contributed by atoms with Gasteiger partial charge in [0.2, 0.25) is 5.91 Å². The highest BCUT2D eigenvalue weighted by atomic mass is 32.1. The third-order valence-corrected chi connectivity index (χ3v) is 5.33. The molecule has 1 aliphatic rings. The molecule has 0 unspecified atom stereocenters. The van der Waals surface area contributed by atoms with E-state index in [1.165, 1.54) is 11.3 Å². The van der Waals surface area contributed by atoms with Gasteiger partial charge in [-0.25, -0.2) is 4.98 Å². The van der Waals surface area contributed by atoms with Crippen molar-refractivity contribution in [3.8, 4) is 10.4 Å². The zero-order chi connectivity index (χ0) is 17.1. The van der Waals surface area contributed by atoms with Crippen molar-refractivity contribution >= 4 is 33.3 Å². The molecule has 1 N–H and O–H groups in total. The van der Waals surface area contributed by atoms with Crippen LogP contribution in [0.4, 0.5) is 5.13 Å². The molecule has 0 radical (unpaired) electrons. The first-order valence-electron chi connectivity index (χ1n) is 8.33. The minimum atomic E-state index is 0.0292. The molecular formula is C18H18N4O2S. The van der Waals surface area contributed by atoms with Crippen molar-refractivity contribution in [1.29, 1.82) is 0 Å². The Balaban J connectivity index is 1.44. The Morgan fingerprint density at radius 2 is 2.16 bits per heavy atom. The number of anilines is 1. The van der Waals surface area contributed by atoms with Gasteiger partial charge in [0.05, 0.1) is 16.6 Å². The largest absolute Gasteiger partial charge is 0.381 e. The maximum atomic E-state index is 12.2. The summed E-state index contributed by atoms with van der Waals surface area (Å²) in [5.74, 6) is 0.441. The van der Waals surface area contributed by atoms with Crippen molar-refractivity contribution in [2.75, 3.05) is 18.5 Å². The van der Waals surface area contributed by atoms with Crippen LogP contribution >= 0.6 is 11.3 Å². The van der Waals surface area contributed by atoms with Gasteiger partial charge in [0.1, 0.15) is 0 Å². The molecule has 3 aromatic rings. The van der Waals surface area contributed by atoms with Gasteiger partial charge in [-0.2, -0.15) is 10.2 Å². The average molecular weight is 354 g/mol. The third-order valence-electron chi connectivity index (χ3n) is 4.37. The number of amides is 1. The molecule has 0 spiro atoms. The van der Waals surface area contributed by atoms with Crippen molar-refractivity contribution in [3.63, 3.8) is 0 Å². The number of nitrogens with one attached hydrogen (secondary N) is 1. The van der Waals surface area contributed by atoms with E-state index in [4.69, 9.17) is 4.74 Å². The number of benzene rings is 1. The molecule has 1 aromatic carbocycles. The Morgan fingerprint density at radius 1 is 1.28 bits per heavy atom. The molecule has 0 aliphatic carbocycles. The van der Waals surface area contributed by atoms with E-state index in [-0.39, 0.29) is 5.91 Å². The number of carbonyl (C=O) groups excluding carboxylic acids is 1. The molecule has 1 fully saturated rings. The van der Waals surface area contributed by atoms with Gasteiger partial charge in [-0.05, 0) is 42.5 Å². The molecule has 0 saturated carbocycles. The topological polar surface area (TPSA) is 77.0 Å². The van der Waals surface area contributed by atoms with Crippen molar-refractivity contribution in [2.24, 2.45) is 5.92 Å². The van der Waals surface area contributed by atoms with Crippen LogP contribution in [-0.2, 0) is 9.53 Å². The van der Waals surface area contributed by atoms with E-state index < -0.39 is 0 Å². The molecule has 0 bridgehead atoms. The summed E-state index contributed by atoms with van der Waals surface area (Å²) in [4.78, 5) is 17.6. The molecule has 4 rings (SSSR count). The summed E-state index contributed by atoms with van der Waals surface area (Å²) in [7, 11) is 0. The monoisotopic (exact) mass is 354 g/mol. The summed E-state index contributed by atoms with van der Waals surface area (Å²) < 4.78 is 5.33. The van der Waals surface area contributed by atoms with Gasteiger partial charge in [0.25, 0.3) is 0 Å². The Labute approximate surface area is 149 Å². The van der Waals surface area contributed by atoms with Gasteiger partial charge in [-0.1, -0.05) is 17.4 Å². The molecule has 1 saturated heterocycles. The fourth-order valence-electron chi connectivity index (χ4n) is 2.99. The SMILES string of the molecule is O=C(CC1CCOCC1)Nc1ncc(-c2ccc3nnccc3c2)s1. The first kappa shape index (κ1) is 16.1. The number of aromatic nitrogens is 3. The molecule has 25 heavy (non-hydrogen) atoms. The molecule has 6 nitrogen and oxygen atoms in total. The van der Waals surface area contributed by atoms with E-state index in [9.17, 15) is 4.79 Å².